The number of rotatable bonds is 2. The van der Waals surface area contributed by atoms with Gasteiger partial charge in [0.15, 0.2) is 0 Å². The van der Waals surface area contributed by atoms with Gasteiger partial charge in [-0.05, 0) is 6.07 Å². The lowest BCUT2D eigenvalue weighted by molar-refractivity contribution is 1.32. The Balaban J connectivity index is 2.94. The zero-order valence-electron chi connectivity index (χ0n) is 6.30. The molecule has 0 unspecified atom stereocenters. The van der Waals surface area contributed by atoms with Crippen LogP contribution in [0.5, 0.6) is 0 Å². The SMILES string of the molecule is Nc1cc(Cl)c(C=CCBr)cn1. The Morgan fingerprint density at radius 3 is 3.00 bits per heavy atom. The highest BCUT2D eigenvalue weighted by Gasteiger charge is 1.96. The van der Waals surface area contributed by atoms with E-state index >= 15 is 0 Å². The predicted octanol–water partition coefficient (Wildman–Crippen LogP) is 2.73. The van der Waals surface area contributed by atoms with Crippen molar-refractivity contribution >= 4 is 39.4 Å². The maximum atomic E-state index is 5.88. The maximum Gasteiger partial charge on any atom is 0.124 e. The van der Waals surface area contributed by atoms with E-state index in [0.717, 1.165) is 10.9 Å². The molecule has 1 rings (SSSR count). The third kappa shape index (κ3) is 2.50. The van der Waals surface area contributed by atoms with E-state index in [1.54, 1.807) is 12.3 Å². The number of hydrogen-bond donors (Lipinski definition) is 1. The van der Waals surface area contributed by atoms with Crippen molar-refractivity contribution < 1.29 is 0 Å². The molecule has 1 heterocycles. The molecular weight excluding hydrogens is 239 g/mol. The van der Waals surface area contributed by atoms with Crippen LogP contribution in [0.1, 0.15) is 5.56 Å². The second-order valence-corrected chi connectivity index (χ2v) is 3.24. The van der Waals surface area contributed by atoms with Gasteiger partial charge in [0, 0.05) is 17.1 Å². The molecule has 0 saturated heterocycles. The number of allylic oxidation sites excluding steroid dienone is 1. The number of alkyl halides is 1. The number of hydrogen-bond acceptors (Lipinski definition) is 2. The standard InChI is InChI=1S/C8H8BrClN2/c9-3-1-2-6-5-12-8(11)4-7(6)10/h1-2,4-5H,3H2,(H2,11,12). The van der Waals surface area contributed by atoms with Crippen molar-refractivity contribution in [2.45, 2.75) is 0 Å². The number of nitrogens with zero attached hydrogens (tertiary/aromatic N) is 1. The van der Waals surface area contributed by atoms with Crippen molar-refractivity contribution in [2.24, 2.45) is 0 Å². The Hall–Kier alpha value is -0.540. The minimum atomic E-state index is 0.441. The first-order valence-electron chi connectivity index (χ1n) is 3.37. The van der Waals surface area contributed by atoms with Crippen molar-refractivity contribution in [3.8, 4) is 0 Å². The molecule has 12 heavy (non-hydrogen) atoms. The summed E-state index contributed by atoms with van der Waals surface area (Å²) in [7, 11) is 0. The Bertz CT molecular complexity index is 299. The number of anilines is 1. The molecule has 0 fully saturated rings. The lowest BCUT2D eigenvalue weighted by Gasteiger charge is -1.97. The quantitative estimate of drug-likeness (QED) is 0.816. The van der Waals surface area contributed by atoms with Crippen LogP contribution in [0.2, 0.25) is 5.02 Å². The van der Waals surface area contributed by atoms with Crippen LogP contribution in [-0.4, -0.2) is 10.3 Å². The van der Waals surface area contributed by atoms with Crippen molar-refractivity contribution in [3.63, 3.8) is 0 Å². The zero-order valence-corrected chi connectivity index (χ0v) is 8.64. The molecule has 0 amide bonds. The van der Waals surface area contributed by atoms with Gasteiger partial charge in [-0.2, -0.15) is 0 Å². The molecule has 0 radical (unpaired) electrons. The van der Waals surface area contributed by atoms with Crippen molar-refractivity contribution in [1.82, 2.24) is 4.98 Å². The highest BCUT2D eigenvalue weighted by atomic mass is 79.9. The van der Waals surface area contributed by atoms with Crippen LogP contribution in [0.4, 0.5) is 5.82 Å². The second kappa shape index (κ2) is 4.48. The van der Waals surface area contributed by atoms with Crippen LogP contribution in [0.15, 0.2) is 18.3 Å². The summed E-state index contributed by atoms with van der Waals surface area (Å²) in [6.07, 6.45) is 5.49. The molecule has 0 aliphatic heterocycles. The number of nitrogens with two attached hydrogens (primary N) is 1. The van der Waals surface area contributed by atoms with E-state index in [0.29, 0.717) is 10.8 Å². The number of pyridine rings is 1. The summed E-state index contributed by atoms with van der Waals surface area (Å²) in [6.45, 7) is 0. The average molecular weight is 248 g/mol. The van der Waals surface area contributed by atoms with Crippen LogP contribution in [0, 0.1) is 0 Å². The molecule has 4 heteroatoms. The van der Waals surface area contributed by atoms with Crippen molar-refractivity contribution in [1.29, 1.82) is 0 Å². The predicted molar refractivity (Wildman–Crippen MR) is 56.5 cm³/mol. The summed E-state index contributed by atoms with van der Waals surface area (Å²) in [5, 5.41) is 1.42. The fraction of sp³-hybridized carbons (Fsp3) is 0.125. The molecular formula is C8H8BrClN2. The molecule has 2 nitrogen and oxygen atoms in total. The fourth-order valence-electron chi connectivity index (χ4n) is 0.750. The molecule has 0 spiro atoms. The van der Waals surface area contributed by atoms with Crippen LogP contribution in [0.3, 0.4) is 0 Å². The van der Waals surface area contributed by atoms with Gasteiger partial charge in [-0.15, -0.1) is 0 Å². The van der Waals surface area contributed by atoms with Crippen LogP contribution < -0.4 is 5.73 Å². The van der Waals surface area contributed by atoms with E-state index in [4.69, 9.17) is 17.3 Å². The van der Waals surface area contributed by atoms with Gasteiger partial charge in [0.05, 0.1) is 5.02 Å². The normalized spacial score (nSPS) is 10.8. The van der Waals surface area contributed by atoms with Gasteiger partial charge in [0.1, 0.15) is 5.82 Å². The Morgan fingerprint density at radius 2 is 2.42 bits per heavy atom. The third-order valence-corrected chi connectivity index (χ3v) is 1.99. The third-order valence-electron chi connectivity index (χ3n) is 1.29. The maximum absolute atomic E-state index is 5.88. The minimum Gasteiger partial charge on any atom is -0.384 e. The first-order chi connectivity index (χ1) is 5.74. The molecule has 0 aromatic carbocycles. The van der Waals surface area contributed by atoms with E-state index in [1.807, 2.05) is 12.2 Å². The molecule has 0 saturated carbocycles. The molecule has 1 aromatic rings. The van der Waals surface area contributed by atoms with E-state index in [-0.39, 0.29) is 0 Å². The lowest BCUT2D eigenvalue weighted by Crippen LogP contribution is -1.89. The smallest absolute Gasteiger partial charge is 0.124 e. The summed E-state index contributed by atoms with van der Waals surface area (Å²) < 4.78 is 0. The van der Waals surface area contributed by atoms with Crippen molar-refractivity contribution in [2.75, 3.05) is 11.1 Å². The first kappa shape index (κ1) is 9.55. The minimum absolute atomic E-state index is 0.441. The molecule has 0 bridgehead atoms. The summed E-state index contributed by atoms with van der Waals surface area (Å²) in [4.78, 5) is 3.92. The highest BCUT2D eigenvalue weighted by molar-refractivity contribution is 9.09. The summed E-state index contributed by atoms with van der Waals surface area (Å²) >= 11 is 9.15. The van der Waals surface area contributed by atoms with Gasteiger partial charge in [-0.25, -0.2) is 4.98 Å². The molecule has 0 aliphatic rings. The lowest BCUT2D eigenvalue weighted by atomic mass is 10.2. The van der Waals surface area contributed by atoms with E-state index in [2.05, 4.69) is 20.9 Å². The summed E-state index contributed by atoms with van der Waals surface area (Å²) in [6, 6.07) is 1.63. The van der Waals surface area contributed by atoms with Gasteiger partial charge in [-0.3, -0.25) is 0 Å². The second-order valence-electron chi connectivity index (χ2n) is 2.19. The topological polar surface area (TPSA) is 38.9 Å². The van der Waals surface area contributed by atoms with Gasteiger partial charge in [0.2, 0.25) is 0 Å². The monoisotopic (exact) mass is 246 g/mol. The number of aromatic nitrogens is 1. The van der Waals surface area contributed by atoms with Crippen LogP contribution in [-0.2, 0) is 0 Å². The fourth-order valence-corrected chi connectivity index (χ4v) is 1.16. The number of nitrogen functional groups attached to an aromatic ring is 1. The zero-order chi connectivity index (χ0) is 8.97. The Labute approximate surface area is 84.6 Å². The van der Waals surface area contributed by atoms with Crippen LogP contribution in [0.25, 0.3) is 6.08 Å². The van der Waals surface area contributed by atoms with E-state index < -0.39 is 0 Å². The van der Waals surface area contributed by atoms with E-state index in [9.17, 15) is 0 Å². The molecule has 1 aromatic heterocycles. The van der Waals surface area contributed by atoms with Gasteiger partial charge in [-0.1, -0.05) is 39.7 Å². The average Bonchev–Trinajstić information content (AvgIpc) is 2.03. The molecule has 2 N–H and O–H groups in total. The van der Waals surface area contributed by atoms with Crippen LogP contribution >= 0.6 is 27.5 Å². The van der Waals surface area contributed by atoms with Gasteiger partial charge < -0.3 is 5.73 Å². The van der Waals surface area contributed by atoms with Gasteiger partial charge >= 0.3 is 0 Å². The Morgan fingerprint density at radius 1 is 1.67 bits per heavy atom. The molecule has 0 atom stereocenters. The largest absolute Gasteiger partial charge is 0.384 e. The van der Waals surface area contributed by atoms with Crippen molar-refractivity contribution in [3.05, 3.63) is 28.9 Å². The molecule has 0 aliphatic carbocycles. The first-order valence-corrected chi connectivity index (χ1v) is 4.87. The summed E-state index contributed by atoms with van der Waals surface area (Å²) in [5.41, 5.74) is 6.31. The van der Waals surface area contributed by atoms with Gasteiger partial charge in [0.25, 0.3) is 0 Å². The number of halogens is 2. The highest BCUT2D eigenvalue weighted by Crippen LogP contribution is 2.18. The summed E-state index contributed by atoms with van der Waals surface area (Å²) in [5.74, 6) is 0.441. The Kier molecular flexibility index (Phi) is 3.56. The molecule has 64 valence electrons. The van der Waals surface area contributed by atoms with E-state index in [1.165, 1.54) is 0 Å².